The molecule has 0 unspecified atom stereocenters. The van der Waals surface area contributed by atoms with Gasteiger partial charge in [-0.3, -0.25) is 0 Å². The van der Waals surface area contributed by atoms with Crippen molar-refractivity contribution >= 4 is 23.8 Å². The molecular weight excluding hydrogens is 248 g/mol. The Balaban J connectivity index is 3.82. The Kier molecular flexibility index (Phi) is 8.24. The highest BCUT2D eigenvalue weighted by Crippen LogP contribution is 2.06. The van der Waals surface area contributed by atoms with Gasteiger partial charge in [0.25, 0.3) is 0 Å². The van der Waals surface area contributed by atoms with Crippen LogP contribution in [0.4, 0.5) is 0 Å². The molecule has 0 amide bonds. The molecule has 0 aromatic carbocycles. The molecule has 0 aliphatic rings. The molecule has 0 bridgehead atoms. The maximum atomic E-state index is 11.5. The molecule has 0 atom stereocenters. The normalized spacial score (nSPS) is 13.1. The van der Waals surface area contributed by atoms with Crippen LogP contribution in [0, 0.1) is 0 Å². The lowest BCUT2D eigenvalue weighted by Crippen LogP contribution is -2.22. The minimum atomic E-state index is -1.59. The Morgan fingerprint density at radius 1 is 1.35 bits per heavy atom. The van der Waals surface area contributed by atoms with E-state index in [0.29, 0.717) is 12.2 Å². The van der Waals surface area contributed by atoms with Crippen molar-refractivity contribution in [3.63, 3.8) is 0 Å². The van der Waals surface area contributed by atoms with Gasteiger partial charge in [0, 0.05) is 9.52 Å². The van der Waals surface area contributed by atoms with Crippen LogP contribution < -0.4 is 0 Å². The van der Waals surface area contributed by atoms with Gasteiger partial charge in [-0.15, -0.1) is 0 Å². The highest BCUT2D eigenvalue weighted by Gasteiger charge is 2.15. The van der Waals surface area contributed by atoms with E-state index in [1.807, 2.05) is 0 Å². The average Bonchev–Trinajstić information content (AvgIpc) is 2.24. The van der Waals surface area contributed by atoms with Crippen molar-refractivity contribution in [3.8, 4) is 0 Å². The summed E-state index contributed by atoms with van der Waals surface area (Å²) >= 11 is 0. The number of carbonyl (C=O) groups is 1. The highest BCUT2D eigenvalue weighted by atomic mass is 28.4. The molecule has 0 rings (SSSR count). The van der Waals surface area contributed by atoms with Gasteiger partial charge in [-0.25, -0.2) is 4.79 Å². The number of esters is 1. The van der Waals surface area contributed by atoms with E-state index in [4.69, 9.17) is 9.16 Å². The van der Waals surface area contributed by atoms with Gasteiger partial charge in [0.1, 0.15) is 0 Å². The maximum absolute atomic E-state index is 11.5. The summed E-state index contributed by atoms with van der Waals surface area (Å²) in [6.45, 7) is 10.7. The predicted octanol–water partition coefficient (Wildman–Crippen LogP) is 2.70. The molecule has 3 nitrogen and oxygen atoms in total. The number of rotatable bonds is 8. The molecule has 5 heteroatoms. The van der Waals surface area contributed by atoms with Crippen molar-refractivity contribution in [2.45, 2.75) is 52.0 Å². The minimum absolute atomic E-state index is 0.104. The largest absolute Gasteiger partial charge is 0.549 e. The standard InChI is InChI=1S/C12H26O3Si2/c1-6-16-9-7-8-14-12(13)11(2)10-15-17(3,4)5/h10H,6-9,16H2,1-5H3. The van der Waals surface area contributed by atoms with Crippen molar-refractivity contribution in [1.82, 2.24) is 0 Å². The Labute approximate surface area is 109 Å². The first-order chi connectivity index (χ1) is 7.87. The fourth-order valence-electron chi connectivity index (χ4n) is 1.12. The van der Waals surface area contributed by atoms with Crippen molar-refractivity contribution in [1.29, 1.82) is 0 Å². The van der Waals surface area contributed by atoms with E-state index in [0.717, 1.165) is 6.42 Å². The van der Waals surface area contributed by atoms with Crippen LogP contribution in [0.1, 0.15) is 20.3 Å². The first-order valence-corrected chi connectivity index (χ1v) is 11.8. The second-order valence-corrected chi connectivity index (χ2v) is 12.1. The topological polar surface area (TPSA) is 35.5 Å². The Bertz CT molecular complexity index is 257. The van der Waals surface area contributed by atoms with Crippen molar-refractivity contribution in [2.24, 2.45) is 0 Å². The summed E-state index contributed by atoms with van der Waals surface area (Å²) in [5, 5.41) is 0. The van der Waals surface area contributed by atoms with Crippen LogP contribution in [0.5, 0.6) is 0 Å². The second-order valence-electron chi connectivity index (χ2n) is 5.23. The number of ether oxygens (including phenoxy) is 1. The predicted molar refractivity (Wildman–Crippen MR) is 77.6 cm³/mol. The monoisotopic (exact) mass is 274 g/mol. The summed E-state index contributed by atoms with van der Waals surface area (Å²) < 4.78 is 10.7. The van der Waals surface area contributed by atoms with Crippen LogP contribution in [0.15, 0.2) is 11.8 Å². The summed E-state index contributed by atoms with van der Waals surface area (Å²) in [6.07, 6.45) is 2.56. The zero-order valence-electron chi connectivity index (χ0n) is 11.8. The van der Waals surface area contributed by atoms with E-state index in [2.05, 4.69) is 26.6 Å². The summed E-state index contributed by atoms with van der Waals surface area (Å²) in [6, 6.07) is 2.59. The number of hydrogen-bond acceptors (Lipinski definition) is 3. The van der Waals surface area contributed by atoms with Crippen LogP contribution in [0.3, 0.4) is 0 Å². The smallest absolute Gasteiger partial charge is 0.336 e. The van der Waals surface area contributed by atoms with Crippen LogP contribution >= 0.6 is 0 Å². The van der Waals surface area contributed by atoms with Gasteiger partial charge in [-0.05, 0) is 33.0 Å². The van der Waals surface area contributed by atoms with Crippen molar-refractivity contribution in [3.05, 3.63) is 11.8 Å². The van der Waals surface area contributed by atoms with Gasteiger partial charge in [0.05, 0.1) is 18.4 Å². The fraction of sp³-hybridized carbons (Fsp3) is 0.750. The van der Waals surface area contributed by atoms with E-state index >= 15 is 0 Å². The first-order valence-electron chi connectivity index (χ1n) is 6.38. The highest BCUT2D eigenvalue weighted by molar-refractivity contribution is 6.69. The zero-order chi connectivity index (χ0) is 13.3. The average molecular weight is 275 g/mol. The lowest BCUT2D eigenvalue weighted by molar-refractivity contribution is -0.139. The molecule has 0 saturated carbocycles. The third-order valence-electron chi connectivity index (χ3n) is 2.14. The Hall–Kier alpha value is -0.556. The summed E-state index contributed by atoms with van der Waals surface area (Å²) in [4.78, 5) is 11.5. The molecule has 0 aromatic heterocycles. The second kappa shape index (κ2) is 8.52. The van der Waals surface area contributed by atoms with Gasteiger partial charge in [0.15, 0.2) is 0 Å². The van der Waals surface area contributed by atoms with Crippen molar-refractivity contribution < 1.29 is 14.0 Å². The van der Waals surface area contributed by atoms with Gasteiger partial charge in [-0.2, -0.15) is 0 Å². The zero-order valence-corrected chi connectivity index (χ0v) is 14.3. The van der Waals surface area contributed by atoms with Gasteiger partial charge in [0.2, 0.25) is 8.32 Å². The third-order valence-corrected chi connectivity index (χ3v) is 4.67. The molecule has 0 saturated heterocycles. The van der Waals surface area contributed by atoms with Crippen LogP contribution in [-0.2, 0) is 14.0 Å². The number of hydrogen-bond donors (Lipinski definition) is 0. The molecule has 0 aliphatic carbocycles. The molecule has 0 radical (unpaired) electrons. The van der Waals surface area contributed by atoms with E-state index in [-0.39, 0.29) is 15.5 Å². The van der Waals surface area contributed by atoms with Crippen LogP contribution in [-0.4, -0.2) is 30.4 Å². The molecule has 0 aliphatic heterocycles. The molecular formula is C12H26O3Si2. The lowest BCUT2D eigenvalue weighted by Gasteiger charge is -2.15. The first kappa shape index (κ1) is 16.4. The summed E-state index contributed by atoms with van der Waals surface area (Å²) in [5.41, 5.74) is 0.556. The molecule has 0 spiro atoms. The SMILES string of the molecule is CC[SiH2]CCCOC(=O)C(C)=CO[Si](C)(C)C. The summed E-state index contributed by atoms with van der Waals surface area (Å²) in [5.74, 6) is -0.249. The van der Waals surface area contributed by atoms with Crippen LogP contribution in [0.2, 0.25) is 31.7 Å². The Morgan fingerprint density at radius 3 is 2.53 bits per heavy atom. The minimum Gasteiger partial charge on any atom is -0.549 e. The summed E-state index contributed by atoms with van der Waals surface area (Å²) in [7, 11) is -1.49. The van der Waals surface area contributed by atoms with Gasteiger partial charge >= 0.3 is 5.97 Å². The molecule has 0 aromatic rings. The quantitative estimate of drug-likeness (QED) is 0.224. The lowest BCUT2D eigenvalue weighted by atomic mass is 10.3. The van der Waals surface area contributed by atoms with E-state index in [1.54, 1.807) is 13.2 Å². The maximum Gasteiger partial charge on any atom is 0.336 e. The number of carbonyl (C=O) groups excluding carboxylic acids is 1. The Morgan fingerprint density at radius 2 is 2.00 bits per heavy atom. The van der Waals surface area contributed by atoms with E-state index in [1.165, 1.54) is 12.1 Å². The molecule has 0 fully saturated rings. The van der Waals surface area contributed by atoms with Crippen molar-refractivity contribution in [2.75, 3.05) is 6.61 Å². The molecule has 100 valence electrons. The van der Waals surface area contributed by atoms with E-state index in [9.17, 15) is 4.79 Å². The van der Waals surface area contributed by atoms with Crippen LogP contribution in [0.25, 0.3) is 0 Å². The molecule has 17 heavy (non-hydrogen) atoms. The third kappa shape index (κ3) is 10.3. The molecule has 0 N–H and O–H groups in total. The fourth-order valence-corrected chi connectivity index (χ4v) is 2.71. The van der Waals surface area contributed by atoms with Gasteiger partial charge < -0.3 is 9.16 Å². The van der Waals surface area contributed by atoms with Gasteiger partial charge in [-0.1, -0.05) is 19.0 Å². The molecule has 0 heterocycles. The van der Waals surface area contributed by atoms with E-state index < -0.39 is 8.32 Å².